The lowest BCUT2D eigenvalue weighted by Gasteiger charge is -2.35. The van der Waals surface area contributed by atoms with Crippen LogP contribution in [0.2, 0.25) is 0 Å². The fourth-order valence-corrected chi connectivity index (χ4v) is 2.55. The van der Waals surface area contributed by atoms with Gasteiger partial charge in [-0.25, -0.2) is 0 Å². The van der Waals surface area contributed by atoms with Gasteiger partial charge in [-0.1, -0.05) is 6.08 Å². The van der Waals surface area contributed by atoms with E-state index < -0.39 is 0 Å². The lowest BCUT2D eigenvalue weighted by Crippen LogP contribution is -2.45. The second-order valence-corrected chi connectivity index (χ2v) is 4.72. The Balaban J connectivity index is 0.00000200. The van der Waals surface area contributed by atoms with Crippen LogP contribution < -0.4 is 5.32 Å². The summed E-state index contributed by atoms with van der Waals surface area (Å²) < 4.78 is 0. The highest BCUT2D eigenvalue weighted by Crippen LogP contribution is 2.40. The van der Waals surface area contributed by atoms with Gasteiger partial charge in [0.1, 0.15) is 17.2 Å². The van der Waals surface area contributed by atoms with Gasteiger partial charge in [0.05, 0.1) is 5.56 Å². The molecule has 1 saturated heterocycles. The molecule has 0 aromatic heterocycles. The Hall–Kier alpha value is -1.14. The maximum atomic E-state index is 10.0. The van der Waals surface area contributed by atoms with Crippen molar-refractivity contribution in [2.24, 2.45) is 0 Å². The largest absolute Gasteiger partial charge is 0.508 e. The predicted molar refractivity (Wildman–Crippen MR) is 87.9 cm³/mol. The second kappa shape index (κ2) is 9.00. The zero-order valence-corrected chi connectivity index (χ0v) is 13.3. The van der Waals surface area contributed by atoms with E-state index in [2.05, 4.69) is 16.8 Å². The average molecular weight is 337 g/mol. The van der Waals surface area contributed by atoms with Gasteiger partial charge in [0.2, 0.25) is 0 Å². The van der Waals surface area contributed by atoms with Crippen LogP contribution in [0.1, 0.15) is 18.0 Å². The van der Waals surface area contributed by atoms with Gasteiger partial charge in [-0.2, -0.15) is 0 Å². The van der Waals surface area contributed by atoms with Crippen LogP contribution in [-0.4, -0.2) is 46.4 Å². The molecule has 1 heterocycles. The molecule has 0 radical (unpaired) electrons. The number of phenols is 3. The number of halogens is 2. The van der Waals surface area contributed by atoms with Crippen LogP contribution in [0.4, 0.5) is 0 Å². The number of phenolic OH excluding ortho intramolecular Hbond substituents is 3. The molecule has 7 heteroatoms. The summed E-state index contributed by atoms with van der Waals surface area (Å²) in [6, 6.07) is 2.39. The molecule has 1 atom stereocenters. The fourth-order valence-electron chi connectivity index (χ4n) is 2.55. The minimum Gasteiger partial charge on any atom is -0.508 e. The highest BCUT2D eigenvalue weighted by molar-refractivity contribution is 5.85. The Labute approximate surface area is 137 Å². The van der Waals surface area contributed by atoms with Crippen molar-refractivity contribution in [3.63, 3.8) is 0 Å². The van der Waals surface area contributed by atoms with Crippen LogP contribution >= 0.6 is 24.8 Å². The topological polar surface area (TPSA) is 76.0 Å². The van der Waals surface area contributed by atoms with Crippen molar-refractivity contribution in [2.45, 2.75) is 12.5 Å². The van der Waals surface area contributed by atoms with E-state index >= 15 is 0 Å². The maximum Gasteiger partial charge on any atom is 0.127 e. The molecular weight excluding hydrogens is 315 g/mol. The van der Waals surface area contributed by atoms with Gasteiger partial charge < -0.3 is 20.6 Å². The molecule has 1 fully saturated rings. The molecule has 120 valence electrons. The molecule has 1 aromatic rings. The van der Waals surface area contributed by atoms with Gasteiger partial charge >= 0.3 is 0 Å². The quantitative estimate of drug-likeness (QED) is 0.634. The van der Waals surface area contributed by atoms with Crippen molar-refractivity contribution >= 4 is 24.8 Å². The fraction of sp³-hybridized carbons (Fsp3) is 0.429. The Morgan fingerprint density at radius 2 is 1.67 bits per heavy atom. The summed E-state index contributed by atoms with van der Waals surface area (Å²) in [5.74, 6) is -0.304. The van der Waals surface area contributed by atoms with Gasteiger partial charge in [-0.05, 0) is 6.42 Å². The summed E-state index contributed by atoms with van der Waals surface area (Å²) in [4.78, 5) is 2.20. The van der Waals surface area contributed by atoms with Gasteiger partial charge in [-0.15, -0.1) is 31.4 Å². The number of aromatic hydroxyl groups is 3. The number of nitrogens with zero attached hydrogens (tertiary/aromatic N) is 1. The van der Waals surface area contributed by atoms with Crippen LogP contribution in [0.5, 0.6) is 17.2 Å². The smallest absolute Gasteiger partial charge is 0.127 e. The molecule has 5 nitrogen and oxygen atoms in total. The third-order valence-electron chi connectivity index (χ3n) is 3.44. The first kappa shape index (κ1) is 19.9. The molecule has 1 aliphatic rings. The van der Waals surface area contributed by atoms with Gasteiger partial charge in [-0.3, -0.25) is 4.90 Å². The zero-order chi connectivity index (χ0) is 13.8. The molecule has 2 rings (SSSR count). The first-order valence-electron chi connectivity index (χ1n) is 6.44. The van der Waals surface area contributed by atoms with Crippen molar-refractivity contribution in [3.8, 4) is 17.2 Å². The first-order valence-corrected chi connectivity index (χ1v) is 6.44. The summed E-state index contributed by atoms with van der Waals surface area (Å²) in [6.07, 6.45) is 2.41. The molecule has 0 amide bonds. The lowest BCUT2D eigenvalue weighted by atomic mass is 9.98. The number of benzene rings is 1. The average Bonchev–Trinajstić information content (AvgIpc) is 2.37. The Morgan fingerprint density at radius 1 is 1.14 bits per heavy atom. The van der Waals surface area contributed by atoms with Crippen molar-refractivity contribution in [2.75, 3.05) is 26.2 Å². The van der Waals surface area contributed by atoms with E-state index in [9.17, 15) is 15.3 Å². The minimum absolute atomic E-state index is 0. The van der Waals surface area contributed by atoms with E-state index in [-0.39, 0.29) is 48.1 Å². The van der Waals surface area contributed by atoms with E-state index in [1.165, 1.54) is 12.1 Å². The molecule has 0 unspecified atom stereocenters. The molecule has 1 aliphatic heterocycles. The summed E-state index contributed by atoms with van der Waals surface area (Å²) >= 11 is 0. The molecule has 0 bridgehead atoms. The van der Waals surface area contributed by atoms with E-state index in [1.807, 2.05) is 0 Å². The van der Waals surface area contributed by atoms with Crippen molar-refractivity contribution in [3.05, 3.63) is 30.4 Å². The summed E-state index contributed by atoms with van der Waals surface area (Å²) in [5, 5.41) is 32.7. The lowest BCUT2D eigenvalue weighted by molar-refractivity contribution is 0.169. The van der Waals surface area contributed by atoms with Crippen LogP contribution in [0, 0.1) is 0 Å². The molecular formula is C14H22Cl2N2O3. The van der Waals surface area contributed by atoms with Crippen LogP contribution in [0.3, 0.4) is 0 Å². The summed E-state index contributed by atoms with van der Waals surface area (Å²) in [6.45, 7) is 7.20. The molecule has 1 aromatic carbocycles. The highest BCUT2D eigenvalue weighted by atomic mass is 35.5. The predicted octanol–water partition coefficient (Wildman–Crippen LogP) is 2.17. The molecule has 0 saturated carbocycles. The molecule has 4 N–H and O–H groups in total. The number of rotatable bonds is 4. The number of piperazine rings is 1. The van der Waals surface area contributed by atoms with E-state index in [1.54, 1.807) is 6.08 Å². The Morgan fingerprint density at radius 3 is 2.14 bits per heavy atom. The van der Waals surface area contributed by atoms with Crippen molar-refractivity contribution < 1.29 is 15.3 Å². The van der Waals surface area contributed by atoms with Gasteiger partial charge in [0, 0.05) is 44.4 Å². The van der Waals surface area contributed by atoms with Gasteiger partial charge in [0.15, 0.2) is 0 Å². The van der Waals surface area contributed by atoms with Crippen LogP contribution in [0.25, 0.3) is 0 Å². The monoisotopic (exact) mass is 336 g/mol. The van der Waals surface area contributed by atoms with E-state index in [0.717, 1.165) is 26.2 Å². The van der Waals surface area contributed by atoms with Crippen LogP contribution in [0.15, 0.2) is 24.8 Å². The maximum absolute atomic E-state index is 10.0. The number of hydrogen-bond acceptors (Lipinski definition) is 5. The third kappa shape index (κ3) is 4.68. The standard InChI is InChI=1S/C14H20N2O3.2ClH/c1-2-3-11(16-6-4-15-5-7-16)14-12(18)8-10(17)9-13(14)19;;/h2,8-9,11,15,17-19H,1,3-7H2;2*1H/t11-;;/m0../s1. The second-order valence-electron chi connectivity index (χ2n) is 4.72. The molecule has 21 heavy (non-hydrogen) atoms. The number of nitrogens with one attached hydrogen (secondary N) is 1. The summed E-state index contributed by atoms with van der Waals surface area (Å²) in [5.41, 5.74) is 0.458. The Kier molecular flexibility index (Phi) is 8.51. The number of hydrogen-bond donors (Lipinski definition) is 4. The highest BCUT2D eigenvalue weighted by Gasteiger charge is 2.26. The third-order valence-corrected chi connectivity index (χ3v) is 3.44. The Bertz CT molecular complexity index is 443. The normalized spacial score (nSPS) is 16.4. The summed E-state index contributed by atoms with van der Waals surface area (Å²) in [7, 11) is 0. The minimum atomic E-state index is -0.142. The molecule has 0 spiro atoms. The van der Waals surface area contributed by atoms with E-state index in [4.69, 9.17) is 0 Å². The SMILES string of the molecule is C=CC[C@@H](c1c(O)cc(O)cc1O)N1CCNCC1.Cl.Cl. The molecule has 0 aliphatic carbocycles. The van der Waals surface area contributed by atoms with Gasteiger partial charge in [0.25, 0.3) is 0 Å². The first-order chi connectivity index (χ1) is 9.13. The van der Waals surface area contributed by atoms with E-state index in [0.29, 0.717) is 12.0 Å². The van der Waals surface area contributed by atoms with Crippen molar-refractivity contribution in [1.82, 2.24) is 10.2 Å². The zero-order valence-electron chi connectivity index (χ0n) is 11.7. The van der Waals surface area contributed by atoms with Crippen molar-refractivity contribution in [1.29, 1.82) is 0 Å². The van der Waals surface area contributed by atoms with Crippen LogP contribution in [-0.2, 0) is 0 Å².